The van der Waals surface area contributed by atoms with E-state index < -0.39 is 12.0 Å². The number of nitrogens with zero attached hydrogens (tertiary/aromatic N) is 1. The number of pyridine rings is 1. The molecule has 0 radical (unpaired) electrons. The third-order valence-electron chi connectivity index (χ3n) is 2.24. The molecule has 0 saturated carbocycles. The molecular weight excluding hydrogens is 180 g/mol. The van der Waals surface area contributed by atoms with Gasteiger partial charge in [0.05, 0.1) is 7.11 Å². The number of carbonyl (C=O) groups excluding carboxylic acids is 1. The van der Waals surface area contributed by atoms with Gasteiger partial charge in [0, 0.05) is 18.3 Å². The molecule has 76 valence electrons. The molecule has 14 heavy (non-hydrogen) atoms. The quantitative estimate of drug-likeness (QED) is 0.719. The Kier molecular flexibility index (Phi) is 3.59. The molecule has 0 aliphatic heterocycles. The van der Waals surface area contributed by atoms with Gasteiger partial charge in [0.1, 0.15) is 6.04 Å². The molecule has 1 rings (SSSR count). The van der Waals surface area contributed by atoms with Gasteiger partial charge in [-0.05, 0) is 17.7 Å². The van der Waals surface area contributed by atoms with Crippen molar-refractivity contribution >= 4 is 5.97 Å². The normalized spacial score (nSPS) is 14.5. The number of carbonyl (C=O) groups is 1. The van der Waals surface area contributed by atoms with Gasteiger partial charge < -0.3 is 10.5 Å². The predicted molar refractivity (Wildman–Crippen MR) is 52.6 cm³/mol. The van der Waals surface area contributed by atoms with Crippen LogP contribution in [0.15, 0.2) is 24.5 Å². The van der Waals surface area contributed by atoms with Crippen LogP contribution in [0.25, 0.3) is 0 Å². The molecule has 0 aliphatic carbocycles. The van der Waals surface area contributed by atoms with Crippen molar-refractivity contribution in [3.8, 4) is 0 Å². The fourth-order valence-corrected chi connectivity index (χ4v) is 1.21. The lowest BCUT2D eigenvalue weighted by Crippen LogP contribution is -2.36. The maximum absolute atomic E-state index is 11.2. The zero-order valence-corrected chi connectivity index (χ0v) is 8.31. The van der Waals surface area contributed by atoms with Crippen LogP contribution in [-0.2, 0) is 9.53 Å². The number of nitrogens with two attached hydrogens (primary N) is 1. The first-order valence-corrected chi connectivity index (χ1v) is 4.40. The molecular formula is C10H14N2O2. The molecule has 0 bridgehead atoms. The van der Waals surface area contributed by atoms with Gasteiger partial charge >= 0.3 is 5.97 Å². The van der Waals surface area contributed by atoms with Crippen LogP contribution in [0, 0.1) is 0 Å². The SMILES string of the molecule is COC(=O)C(N)C(C)c1ccncc1. The van der Waals surface area contributed by atoms with E-state index in [-0.39, 0.29) is 5.92 Å². The van der Waals surface area contributed by atoms with Crippen molar-refractivity contribution in [2.45, 2.75) is 18.9 Å². The van der Waals surface area contributed by atoms with E-state index in [1.165, 1.54) is 7.11 Å². The summed E-state index contributed by atoms with van der Waals surface area (Å²) < 4.78 is 4.58. The van der Waals surface area contributed by atoms with E-state index in [1.807, 2.05) is 19.1 Å². The molecule has 0 saturated heterocycles. The highest BCUT2D eigenvalue weighted by atomic mass is 16.5. The Morgan fingerprint density at radius 3 is 2.57 bits per heavy atom. The number of ether oxygens (including phenoxy) is 1. The topological polar surface area (TPSA) is 65.2 Å². The average molecular weight is 194 g/mol. The molecule has 2 unspecified atom stereocenters. The number of hydrogen-bond donors (Lipinski definition) is 1. The third kappa shape index (κ3) is 2.29. The van der Waals surface area contributed by atoms with E-state index in [4.69, 9.17) is 5.73 Å². The fourth-order valence-electron chi connectivity index (χ4n) is 1.21. The van der Waals surface area contributed by atoms with Gasteiger partial charge in [0.2, 0.25) is 0 Å². The summed E-state index contributed by atoms with van der Waals surface area (Å²) in [7, 11) is 1.33. The van der Waals surface area contributed by atoms with Crippen LogP contribution in [0.2, 0.25) is 0 Å². The summed E-state index contributed by atoms with van der Waals surface area (Å²) in [4.78, 5) is 15.1. The molecule has 0 aliphatic rings. The van der Waals surface area contributed by atoms with Crippen LogP contribution in [0.5, 0.6) is 0 Å². The minimum Gasteiger partial charge on any atom is -0.468 e. The molecule has 1 aromatic heterocycles. The molecule has 1 aromatic rings. The van der Waals surface area contributed by atoms with Crippen LogP contribution in [0.3, 0.4) is 0 Å². The molecule has 2 atom stereocenters. The van der Waals surface area contributed by atoms with E-state index in [9.17, 15) is 4.79 Å². The highest BCUT2D eigenvalue weighted by Crippen LogP contribution is 2.17. The molecule has 0 fully saturated rings. The first-order valence-electron chi connectivity index (χ1n) is 4.40. The van der Waals surface area contributed by atoms with Crippen LogP contribution >= 0.6 is 0 Å². The number of hydrogen-bond acceptors (Lipinski definition) is 4. The van der Waals surface area contributed by atoms with Crippen molar-refractivity contribution in [1.29, 1.82) is 0 Å². The van der Waals surface area contributed by atoms with Crippen molar-refractivity contribution in [2.75, 3.05) is 7.11 Å². The average Bonchev–Trinajstić information content (AvgIpc) is 2.27. The molecule has 1 heterocycles. The second-order valence-corrected chi connectivity index (χ2v) is 3.12. The maximum Gasteiger partial charge on any atom is 0.323 e. The van der Waals surface area contributed by atoms with E-state index in [2.05, 4.69) is 9.72 Å². The van der Waals surface area contributed by atoms with E-state index in [0.29, 0.717) is 0 Å². The summed E-state index contributed by atoms with van der Waals surface area (Å²) in [6, 6.07) is 3.06. The first-order chi connectivity index (χ1) is 6.66. The molecule has 0 spiro atoms. The standard InChI is InChI=1S/C10H14N2O2/c1-7(9(11)10(13)14-2)8-3-5-12-6-4-8/h3-7,9H,11H2,1-2H3. The molecule has 0 aromatic carbocycles. The second kappa shape index (κ2) is 4.72. The Bertz CT molecular complexity index is 300. The minimum absolute atomic E-state index is 0.0644. The van der Waals surface area contributed by atoms with Gasteiger partial charge in [0.15, 0.2) is 0 Å². The summed E-state index contributed by atoms with van der Waals surface area (Å²) in [5.41, 5.74) is 6.69. The highest BCUT2D eigenvalue weighted by Gasteiger charge is 2.22. The maximum atomic E-state index is 11.2. The van der Waals surface area contributed by atoms with Crippen LogP contribution in [0.4, 0.5) is 0 Å². The minimum atomic E-state index is -0.623. The van der Waals surface area contributed by atoms with Crippen molar-refractivity contribution in [3.05, 3.63) is 30.1 Å². The number of methoxy groups -OCH3 is 1. The van der Waals surface area contributed by atoms with Gasteiger partial charge in [-0.2, -0.15) is 0 Å². The summed E-state index contributed by atoms with van der Waals surface area (Å²) in [5.74, 6) is -0.459. The fraction of sp³-hybridized carbons (Fsp3) is 0.400. The van der Waals surface area contributed by atoms with Gasteiger partial charge in [-0.3, -0.25) is 9.78 Å². The largest absolute Gasteiger partial charge is 0.468 e. The summed E-state index contributed by atoms with van der Waals surface area (Å²) in [6.45, 7) is 1.89. The Balaban J connectivity index is 2.75. The molecule has 0 amide bonds. The number of esters is 1. The number of aromatic nitrogens is 1. The summed E-state index contributed by atoms with van der Waals surface area (Å²) in [6.07, 6.45) is 3.35. The Morgan fingerprint density at radius 2 is 2.07 bits per heavy atom. The van der Waals surface area contributed by atoms with E-state index >= 15 is 0 Å². The molecule has 4 heteroatoms. The number of rotatable bonds is 3. The van der Waals surface area contributed by atoms with Gasteiger partial charge in [-0.25, -0.2) is 0 Å². The van der Waals surface area contributed by atoms with Gasteiger partial charge in [-0.15, -0.1) is 0 Å². The van der Waals surface area contributed by atoms with Crippen molar-refractivity contribution < 1.29 is 9.53 Å². The molecule has 2 N–H and O–H groups in total. The predicted octanol–water partition coefficient (Wildman–Crippen LogP) is 0.685. The van der Waals surface area contributed by atoms with Gasteiger partial charge in [0.25, 0.3) is 0 Å². The second-order valence-electron chi connectivity index (χ2n) is 3.12. The van der Waals surface area contributed by atoms with Crippen molar-refractivity contribution in [1.82, 2.24) is 4.98 Å². The Morgan fingerprint density at radius 1 is 1.50 bits per heavy atom. The third-order valence-corrected chi connectivity index (χ3v) is 2.24. The summed E-state index contributed by atoms with van der Waals surface area (Å²) >= 11 is 0. The lowest BCUT2D eigenvalue weighted by Gasteiger charge is -2.17. The van der Waals surface area contributed by atoms with Crippen molar-refractivity contribution in [2.24, 2.45) is 5.73 Å². The first kappa shape index (κ1) is 10.7. The van der Waals surface area contributed by atoms with E-state index in [1.54, 1.807) is 12.4 Å². The monoisotopic (exact) mass is 194 g/mol. The zero-order chi connectivity index (χ0) is 10.6. The van der Waals surface area contributed by atoms with Crippen LogP contribution < -0.4 is 5.73 Å². The Labute approximate surface area is 83.1 Å². The lowest BCUT2D eigenvalue weighted by molar-refractivity contribution is -0.142. The lowest BCUT2D eigenvalue weighted by atomic mass is 9.95. The van der Waals surface area contributed by atoms with Crippen LogP contribution in [0.1, 0.15) is 18.4 Å². The zero-order valence-electron chi connectivity index (χ0n) is 8.31. The smallest absolute Gasteiger partial charge is 0.323 e. The van der Waals surface area contributed by atoms with Crippen LogP contribution in [-0.4, -0.2) is 24.1 Å². The molecule has 4 nitrogen and oxygen atoms in total. The summed E-state index contributed by atoms with van der Waals surface area (Å²) in [5, 5.41) is 0. The van der Waals surface area contributed by atoms with E-state index in [0.717, 1.165) is 5.56 Å². The Hall–Kier alpha value is -1.42. The van der Waals surface area contributed by atoms with Gasteiger partial charge in [-0.1, -0.05) is 6.92 Å². The van der Waals surface area contributed by atoms with Crippen molar-refractivity contribution in [3.63, 3.8) is 0 Å². The highest BCUT2D eigenvalue weighted by molar-refractivity contribution is 5.76.